The zero-order valence-electron chi connectivity index (χ0n) is 9.52. The van der Waals surface area contributed by atoms with Crippen LogP contribution in [0, 0.1) is 11.3 Å². The molecule has 0 unspecified atom stereocenters. The van der Waals surface area contributed by atoms with Crippen molar-refractivity contribution in [2.45, 2.75) is 0 Å². The molecule has 0 aliphatic carbocycles. The van der Waals surface area contributed by atoms with Gasteiger partial charge in [0.25, 0.3) is 5.91 Å². The van der Waals surface area contributed by atoms with Crippen molar-refractivity contribution in [3.8, 4) is 6.07 Å². The van der Waals surface area contributed by atoms with Crippen LogP contribution in [0.2, 0.25) is 10.2 Å². The summed E-state index contributed by atoms with van der Waals surface area (Å²) in [6, 6.07) is 10.0. The monoisotopic (exact) mass is 291 g/mol. The van der Waals surface area contributed by atoms with E-state index < -0.39 is 5.91 Å². The Balaban J connectivity index is 2.31. The third-order valence-corrected chi connectivity index (χ3v) is 2.87. The minimum atomic E-state index is -0.447. The number of hydrogen-bond donors (Lipinski definition) is 1. The molecule has 0 radical (unpaired) electrons. The minimum absolute atomic E-state index is 0.170. The predicted molar refractivity (Wildman–Crippen MR) is 73.4 cm³/mol. The maximum Gasteiger partial charge on any atom is 0.257 e. The standard InChI is InChI=1S/C13H7Cl2N3O/c14-10-7-17-12(15)5-9(10)13(19)18-11-4-2-1-3-8(11)6-16/h1-5,7H,(H,18,19). The van der Waals surface area contributed by atoms with Crippen molar-refractivity contribution >= 4 is 34.8 Å². The second-order valence-electron chi connectivity index (χ2n) is 3.60. The summed E-state index contributed by atoms with van der Waals surface area (Å²) in [5, 5.41) is 11.9. The van der Waals surface area contributed by atoms with Gasteiger partial charge in [0.05, 0.1) is 21.8 Å². The van der Waals surface area contributed by atoms with Crippen LogP contribution in [0.15, 0.2) is 36.5 Å². The van der Waals surface area contributed by atoms with Gasteiger partial charge in [-0.3, -0.25) is 4.79 Å². The van der Waals surface area contributed by atoms with Gasteiger partial charge in [-0.25, -0.2) is 4.98 Å². The lowest BCUT2D eigenvalue weighted by Crippen LogP contribution is -2.13. The maximum absolute atomic E-state index is 12.1. The summed E-state index contributed by atoms with van der Waals surface area (Å²) in [6.45, 7) is 0. The van der Waals surface area contributed by atoms with Gasteiger partial charge in [0.2, 0.25) is 0 Å². The average molecular weight is 292 g/mol. The number of aromatic nitrogens is 1. The van der Waals surface area contributed by atoms with Crippen molar-refractivity contribution in [1.29, 1.82) is 5.26 Å². The molecule has 6 heteroatoms. The Bertz CT molecular complexity index is 680. The lowest BCUT2D eigenvalue weighted by molar-refractivity contribution is 0.102. The topological polar surface area (TPSA) is 65.8 Å². The lowest BCUT2D eigenvalue weighted by Gasteiger charge is -2.08. The number of halogens is 2. The molecule has 0 aliphatic rings. The molecule has 0 saturated heterocycles. The Kier molecular flexibility index (Phi) is 4.00. The van der Waals surface area contributed by atoms with Gasteiger partial charge in [-0.05, 0) is 18.2 Å². The zero-order valence-corrected chi connectivity index (χ0v) is 11.0. The quantitative estimate of drug-likeness (QED) is 0.861. The van der Waals surface area contributed by atoms with Gasteiger partial charge < -0.3 is 5.32 Å². The summed E-state index contributed by atoms with van der Waals surface area (Å²) in [5.41, 5.74) is 0.987. The molecule has 1 amide bonds. The Labute approximate surface area is 119 Å². The van der Waals surface area contributed by atoms with Gasteiger partial charge in [-0.1, -0.05) is 35.3 Å². The molecule has 4 nitrogen and oxygen atoms in total. The molecule has 0 spiro atoms. The van der Waals surface area contributed by atoms with E-state index in [4.69, 9.17) is 28.5 Å². The van der Waals surface area contributed by atoms with Gasteiger partial charge in [0.15, 0.2) is 0 Å². The summed E-state index contributed by atoms with van der Waals surface area (Å²) in [4.78, 5) is 15.8. The van der Waals surface area contributed by atoms with Gasteiger partial charge in [-0.2, -0.15) is 5.26 Å². The highest BCUT2D eigenvalue weighted by Crippen LogP contribution is 2.21. The molecule has 0 saturated carbocycles. The molecular weight excluding hydrogens is 285 g/mol. The first kappa shape index (κ1) is 13.3. The summed E-state index contributed by atoms with van der Waals surface area (Å²) in [5.74, 6) is -0.447. The summed E-state index contributed by atoms with van der Waals surface area (Å²) in [6.07, 6.45) is 1.30. The second-order valence-corrected chi connectivity index (χ2v) is 4.39. The van der Waals surface area contributed by atoms with Crippen molar-refractivity contribution in [3.05, 3.63) is 57.8 Å². The van der Waals surface area contributed by atoms with Gasteiger partial charge in [0.1, 0.15) is 11.2 Å². The maximum atomic E-state index is 12.1. The zero-order chi connectivity index (χ0) is 13.8. The van der Waals surface area contributed by atoms with E-state index in [1.54, 1.807) is 24.3 Å². The molecule has 19 heavy (non-hydrogen) atoms. The number of hydrogen-bond acceptors (Lipinski definition) is 3. The van der Waals surface area contributed by atoms with Crippen molar-refractivity contribution in [3.63, 3.8) is 0 Å². The Hall–Kier alpha value is -2.09. The molecule has 1 aromatic heterocycles. The van der Waals surface area contributed by atoms with E-state index >= 15 is 0 Å². The molecular formula is C13H7Cl2N3O. The fourth-order valence-corrected chi connectivity index (χ4v) is 1.81. The van der Waals surface area contributed by atoms with E-state index in [1.807, 2.05) is 6.07 Å². The van der Waals surface area contributed by atoms with Crippen LogP contribution in [-0.2, 0) is 0 Å². The van der Waals surface area contributed by atoms with Crippen LogP contribution in [0.1, 0.15) is 15.9 Å². The molecule has 0 aliphatic heterocycles. The Morgan fingerprint density at radius 2 is 2.05 bits per heavy atom. The number of carbonyl (C=O) groups excluding carboxylic acids is 1. The normalized spacial score (nSPS) is 9.74. The molecule has 2 rings (SSSR count). The van der Waals surface area contributed by atoms with Crippen molar-refractivity contribution in [2.24, 2.45) is 0 Å². The largest absolute Gasteiger partial charge is 0.321 e. The molecule has 0 bridgehead atoms. The Morgan fingerprint density at radius 1 is 1.32 bits per heavy atom. The van der Waals surface area contributed by atoms with E-state index in [2.05, 4.69) is 10.3 Å². The van der Waals surface area contributed by atoms with E-state index in [-0.39, 0.29) is 15.7 Å². The van der Waals surface area contributed by atoms with Crippen LogP contribution in [0.25, 0.3) is 0 Å². The number of nitrogens with one attached hydrogen (secondary N) is 1. The highest BCUT2D eigenvalue weighted by molar-refractivity contribution is 6.35. The van der Waals surface area contributed by atoms with Crippen LogP contribution in [0.3, 0.4) is 0 Å². The van der Waals surface area contributed by atoms with Crippen LogP contribution >= 0.6 is 23.2 Å². The number of rotatable bonds is 2. The SMILES string of the molecule is N#Cc1ccccc1NC(=O)c1cc(Cl)ncc1Cl. The number of nitriles is 1. The van der Waals surface area contributed by atoms with Crippen molar-refractivity contribution in [1.82, 2.24) is 4.98 Å². The third-order valence-electron chi connectivity index (χ3n) is 2.36. The highest BCUT2D eigenvalue weighted by atomic mass is 35.5. The molecule has 94 valence electrons. The van der Waals surface area contributed by atoms with Crippen LogP contribution < -0.4 is 5.32 Å². The van der Waals surface area contributed by atoms with E-state index in [1.165, 1.54) is 12.3 Å². The second kappa shape index (κ2) is 5.70. The first-order valence-electron chi connectivity index (χ1n) is 5.23. The van der Waals surface area contributed by atoms with Gasteiger partial charge in [0, 0.05) is 6.20 Å². The smallest absolute Gasteiger partial charge is 0.257 e. The molecule has 0 atom stereocenters. The predicted octanol–water partition coefficient (Wildman–Crippen LogP) is 3.51. The first-order chi connectivity index (χ1) is 9.11. The fraction of sp³-hybridized carbons (Fsp3) is 0. The summed E-state index contributed by atoms with van der Waals surface area (Å²) in [7, 11) is 0. The number of benzene rings is 1. The average Bonchev–Trinajstić information content (AvgIpc) is 2.42. The first-order valence-corrected chi connectivity index (χ1v) is 5.99. The van der Waals surface area contributed by atoms with E-state index in [0.717, 1.165) is 0 Å². The number of nitrogens with zero attached hydrogens (tertiary/aromatic N) is 2. The molecule has 1 heterocycles. The number of pyridine rings is 1. The van der Waals surface area contributed by atoms with Crippen LogP contribution in [0.4, 0.5) is 5.69 Å². The van der Waals surface area contributed by atoms with Crippen molar-refractivity contribution in [2.75, 3.05) is 5.32 Å². The number of anilines is 1. The molecule has 0 fully saturated rings. The van der Waals surface area contributed by atoms with Gasteiger partial charge in [-0.15, -0.1) is 0 Å². The van der Waals surface area contributed by atoms with Crippen molar-refractivity contribution < 1.29 is 4.79 Å². The summed E-state index contributed by atoms with van der Waals surface area (Å²) < 4.78 is 0. The number of para-hydroxylation sites is 1. The highest BCUT2D eigenvalue weighted by Gasteiger charge is 2.13. The third kappa shape index (κ3) is 3.02. The molecule has 1 N–H and O–H groups in total. The number of carbonyl (C=O) groups is 1. The van der Waals surface area contributed by atoms with E-state index in [9.17, 15) is 4.79 Å². The lowest BCUT2D eigenvalue weighted by atomic mass is 10.2. The van der Waals surface area contributed by atoms with E-state index in [0.29, 0.717) is 11.3 Å². The molecule has 1 aromatic carbocycles. The minimum Gasteiger partial charge on any atom is -0.321 e. The van der Waals surface area contributed by atoms with Crippen LogP contribution in [-0.4, -0.2) is 10.9 Å². The number of amides is 1. The summed E-state index contributed by atoms with van der Waals surface area (Å²) >= 11 is 11.6. The molecule has 2 aromatic rings. The fourth-order valence-electron chi connectivity index (χ4n) is 1.47. The Morgan fingerprint density at radius 3 is 2.79 bits per heavy atom. The van der Waals surface area contributed by atoms with Gasteiger partial charge >= 0.3 is 0 Å². The van der Waals surface area contributed by atoms with Crippen LogP contribution in [0.5, 0.6) is 0 Å².